The smallest absolute Gasteiger partial charge is 0.254 e. The first-order valence-corrected chi connectivity index (χ1v) is 14.4. The maximum absolute atomic E-state index is 13.6. The molecule has 3 aromatic carbocycles. The van der Waals surface area contributed by atoms with Gasteiger partial charge in [-0.1, -0.05) is 49.7 Å². The second-order valence-corrected chi connectivity index (χ2v) is 10.0. The van der Waals surface area contributed by atoms with Crippen LogP contribution in [0.5, 0.6) is 28.7 Å². The van der Waals surface area contributed by atoms with Crippen molar-refractivity contribution in [1.29, 1.82) is 0 Å². The van der Waals surface area contributed by atoms with Crippen molar-refractivity contribution in [2.24, 2.45) is 0 Å². The Labute approximate surface area is 253 Å². The number of hydrogen-bond donors (Lipinski definition) is 0. The van der Waals surface area contributed by atoms with E-state index in [9.17, 15) is 9.59 Å². The number of benzene rings is 3. The van der Waals surface area contributed by atoms with Crippen molar-refractivity contribution >= 4 is 17.4 Å². The van der Waals surface area contributed by atoms with E-state index >= 15 is 0 Å². The summed E-state index contributed by atoms with van der Waals surface area (Å²) >= 11 is 0. The van der Waals surface area contributed by atoms with E-state index in [0.717, 1.165) is 29.5 Å². The zero-order valence-corrected chi connectivity index (χ0v) is 25.6. The molecule has 0 aliphatic carbocycles. The van der Waals surface area contributed by atoms with E-state index in [1.165, 1.54) is 21.3 Å². The first-order valence-electron chi connectivity index (χ1n) is 14.4. The Kier molecular flexibility index (Phi) is 10.9. The van der Waals surface area contributed by atoms with Crippen LogP contribution >= 0.6 is 0 Å². The highest BCUT2D eigenvalue weighted by atomic mass is 16.5. The largest absolute Gasteiger partial charge is 0.493 e. The molecule has 1 saturated heterocycles. The highest BCUT2D eigenvalue weighted by Gasteiger charge is 2.26. The number of ether oxygens (including phenoxy) is 5. The third-order valence-electron chi connectivity index (χ3n) is 7.37. The Morgan fingerprint density at radius 3 is 1.88 bits per heavy atom. The van der Waals surface area contributed by atoms with Crippen molar-refractivity contribution in [3.05, 3.63) is 83.4 Å². The van der Waals surface area contributed by atoms with Gasteiger partial charge in [-0.2, -0.15) is 0 Å². The average Bonchev–Trinajstić information content (AvgIpc) is 3.06. The van der Waals surface area contributed by atoms with E-state index in [2.05, 4.69) is 6.92 Å². The zero-order chi connectivity index (χ0) is 30.8. The van der Waals surface area contributed by atoms with Crippen LogP contribution in [0.2, 0.25) is 0 Å². The zero-order valence-electron chi connectivity index (χ0n) is 25.6. The normalized spacial score (nSPS) is 13.4. The van der Waals surface area contributed by atoms with Gasteiger partial charge in [0.05, 0.1) is 35.0 Å². The lowest BCUT2D eigenvalue weighted by molar-refractivity contribution is -0.127. The van der Waals surface area contributed by atoms with Gasteiger partial charge >= 0.3 is 0 Å². The summed E-state index contributed by atoms with van der Waals surface area (Å²) in [6.45, 7) is 4.33. The van der Waals surface area contributed by atoms with Crippen molar-refractivity contribution in [3.63, 3.8) is 0 Å². The monoisotopic (exact) mass is 588 g/mol. The molecule has 9 heteroatoms. The number of piperazine rings is 1. The number of unbranched alkanes of at least 4 members (excludes halogenated alkanes) is 1. The molecule has 0 bridgehead atoms. The van der Waals surface area contributed by atoms with E-state index < -0.39 is 0 Å². The first kappa shape index (κ1) is 31.3. The summed E-state index contributed by atoms with van der Waals surface area (Å²) in [4.78, 5) is 30.4. The summed E-state index contributed by atoms with van der Waals surface area (Å²) in [6, 6.07) is 18.8. The average molecular weight is 589 g/mol. The molecule has 0 atom stereocenters. The van der Waals surface area contributed by atoms with Crippen LogP contribution in [0.1, 0.15) is 41.3 Å². The maximum Gasteiger partial charge on any atom is 0.254 e. The fourth-order valence-corrected chi connectivity index (χ4v) is 4.96. The Bertz CT molecular complexity index is 1400. The Hall–Kier alpha value is -4.66. The van der Waals surface area contributed by atoms with E-state index in [4.69, 9.17) is 23.7 Å². The maximum atomic E-state index is 13.6. The quantitative estimate of drug-likeness (QED) is 0.209. The molecule has 0 spiro atoms. The number of amides is 2. The van der Waals surface area contributed by atoms with Gasteiger partial charge in [-0.05, 0) is 47.4 Å². The second-order valence-electron chi connectivity index (χ2n) is 10.0. The molecule has 1 fully saturated rings. The summed E-state index contributed by atoms with van der Waals surface area (Å²) in [5.41, 5.74) is 2.96. The van der Waals surface area contributed by atoms with Crippen LogP contribution in [-0.4, -0.2) is 82.8 Å². The summed E-state index contributed by atoms with van der Waals surface area (Å²) in [6.07, 6.45) is 3.66. The molecule has 9 nitrogen and oxygen atoms in total. The van der Waals surface area contributed by atoms with E-state index in [-0.39, 0.29) is 11.8 Å². The summed E-state index contributed by atoms with van der Waals surface area (Å²) in [5.74, 6) is 2.24. The molecule has 1 aliphatic rings. The first-order chi connectivity index (χ1) is 20.9. The molecule has 2 amide bonds. The van der Waals surface area contributed by atoms with Gasteiger partial charge in [0.1, 0.15) is 0 Å². The Balaban J connectivity index is 1.52. The highest BCUT2D eigenvalue weighted by molar-refractivity contribution is 6.00. The van der Waals surface area contributed by atoms with Crippen LogP contribution in [0.4, 0.5) is 0 Å². The number of nitrogens with zero attached hydrogens (tertiary/aromatic N) is 2. The van der Waals surface area contributed by atoms with Crippen molar-refractivity contribution in [2.75, 3.05) is 61.2 Å². The minimum Gasteiger partial charge on any atom is -0.493 e. The fraction of sp³-hybridized carbons (Fsp3) is 0.353. The summed E-state index contributed by atoms with van der Waals surface area (Å²) < 4.78 is 27.7. The molecule has 4 rings (SSSR count). The van der Waals surface area contributed by atoms with Gasteiger partial charge in [-0.25, -0.2) is 0 Å². The molecule has 0 saturated carbocycles. The van der Waals surface area contributed by atoms with Gasteiger partial charge in [0.2, 0.25) is 11.7 Å². The van der Waals surface area contributed by atoms with Crippen LogP contribution in [0, 0.1) is 0 Å². The van der Waals surface area contributed by atoms with Crippen LogP contribution in [0.15, 0.2) is 66.7 Å². The van der Waals surface area contributed by atoms with Crippen molar-refractivity contribution in [3.8, 4) is 28.7 Å². The van der Waals surface area contributed by atoms with E-state index in [1.54, 1.807) is 35.1 Å². The molecule has 228 valence electrons. The lowest BCUT2D eigenvalue weighted by atomic mass is 9.96. The van der Waals surface area contributed by atoms with E-state index in [1.807, 2.05) is 48.5 Å². The molecule has 1 aliphatic heterocycles. The van der Waals surface area contributed by atoms with Gasteiger partial charge in [0.15, 0.2) is 23.0 Å². The molecule has 1 heterocycles. The van der Waals surface area contributed by atoms with Crippen molar-refractivity contribution < 1.29 is 33.3 Å². The number of carbonyl (C=O) groups is 2. The molecule has 0 aromatic heterocycles. The lowest BCUT2D eigenvalue weighted by Gasteiger charge is -2.34. The molecule has 0 radical (unpaired) electrons. The van der Waals surface area contributed by atoms with E-state index in [0.29, 0.717) is 67.1 Å². The van der Waals surface area contributed by atoms with Gasteiger partial charge in [0, 0.05) is 37.8 Å². The predicted octanol–water partition coefficient (Wildman–Crippen LogP) is 5.32. The predicted molar refractivity (Wildman–Crippen MR) is 165 cm³/mol. The number of hydrogen-bond acceptors (Lipinski definition) is 7. The molecular formula is C34H40N2O7. The third-order valence-corrected chi connectivity index (χ3v) is 7.37. The lowest BCUT2D eigenvalue weighted by Crippen LogP contribution is -2.50. The number of rotatable bonds is 12. The minimum absolute atomic E-state index is 0.124. The minimum atomic E-state index is -0.166. The second kappa shape index (κ2) is 15.0. The van der Waals surface area contributed by atoms with Crippen molar-refractivity contribution in [1.82, 2.24) is 9.80 Å². The highest BCUT2D eigenvalue weighted by Crippen LogP contribution is 2.38. The molecule has 3 aromatic rings. The number of methoxy groups -OCH3 is 4. The topological polar surface area (TPSA) is 86.8 Å². The Morgan fingerprint density at radius 1 is 0.698 bits per heavy atom. The van der Waals surface area contributed by atoms with Crippen LogP contribution < -0.4 is 23.7 Å². The van der Waals surface area contributed by atoms with Gasteiger partial charge < -0.3 is 33.5 Å². The van der Waals surface area contributed by atoms with Crippen LogP contribution in [0.3, 0.4) is 0 Å². The molecule has 0 N–H and O–H groups in total. The Morgan fingerprint density at radius 2 is 1.30 bits per heavy atom. The molecule has 43 heavy (non-hydrogen) atoms. The molecular weight excluding hydrogens is 548 g/mol. The van der Waals surface area contributed by atoms with Crippen LogP contribution in [0.25, 0.3) is 5.57 Å². The fourth-order valence-electron chi connectivity index (χ4n) is 4.96. The SMILES string of the molecule is CCCCOc1ccc(/C(=C/C(=O)N2CCN(C(=O)c3cc(OC)c(OC)c(OC)c3)CC2)c2ccccc2)cc1OC. The number of carbonyl (C=O) groups excluding carboxylic acids is 2. The van der Waals surface area contributed by atoms with Gasteiger partial charge in [-0.3, -0.25) is 9.59 Å². The van der Waals surface area contributed by atoms with Gasteiger partial charge in [0.25, 0.3) is 5.91 Å². The summed E-state index contributed by atoms with van der Waals surface area (Å²) in [5, 5.41) is 0. The molecule has 0 unspecified atom stereocenters. The standard InChI is InChI=1S/C34H40N2O7/c1-6-7-19-43-28-14-13-25(20-29(28)39-2)27(24-11-9-8-10-12-24)23-32(37)35-15-17-36(18-16-35)34(38)26-21-30(40-3)33(42-5)31(22-26)41-4/h8-14,20-23H,6-7,15-19H2,1-5H3/b27-23+. The van der Waals surface area contributed by atoms with Gasteiger partial charge in [-0.15, -0.1) is 0 Å². The third kappa shape index (κ3) is 7.41. The van der Waals surface area contributed by atoms with Crippen molar-refractivity contribution in [2.45, 2.75) is 19.8 Å². The van der Waals surface area contributed by atoms with Crippen LogP contribution in [-0.2, 0) is 4.79 Å². The summed E-state index contributed by atoms with van der Waals surface area (Å²) in [7, 11) is 6.16.